The maximum absolute atomic E-state index is 5.46. The lowest BCUT2D eigenvalue weighted by Crippen LogP contribution is -2.63. The highest BCUT2D eigenvalue weighted by molar-refractivity contribution is 5.18. The Morgan fingerprint density at radius 3 is 2.87 bits per heavy atom. The van der Waals surface area contributed by atoms with Gasteiger partial charge in [-0.15, -0.1) is 0 Å². The van der Waals surface area contributed by atoms with Crippen molar-refractivity contribution in [3.05, 3.63) is 11.7 Å². The van der Waals surface area contributed by atoms with Crippen LogP contribution in [-0.2, 0) is 5.41 Å². The number of rotatable bonds is 2. The van der Waals surface area contributed by atoms with Crippen LogP contribution >= 0.6 is 0 Å². The minimum atomic E-state index is 0.235. The first-order valence-electron chi connectivity index (χ1n) is 5.92. The SMILES string of the molecule is C1CN2CC(c3nc(C4CC4)no3)(C1)C2. The van der Waals surface area contributed by atoms with Gasteiger partial charge in [0.05, 0.1) is 5.41 Å². The second-order valence-corrected chi connectivity index (χ2v) is 5.33. The van der Waals surface area contributed by atoms with Crippen molar-refractivity contribution in [1.82, 2.24) is 15.0 Å². The van der Waals surface area contributed by atoms with E-state index in [0.717, 1.165) is 24.8 Å². The summed E-state index contributed by atoms with van der Waals surface area (Å²) in [6.45, 7) is 3.53. The van der Waals surface area contributed by atoms with Crippen LogP contribution in [0.1, 0.15) is 43.3 Å². The van der Waals surface area contributed by atoms with E-state index in [0.29, 0.717) is 5.92 Å². The number of nitrogens with zero attached hydrogens (tertiary/aromatic N) is 3. The van der Waals surface area contributed by atoms with Gasteiger partial charge in [0.1, 0.15) is 0 Å². The molecule has 1 saturated carbocycles. The molecule has 0 atom stereocenters. The molecule has 0 unspecified atom stereocenters. The van der Waals surface area contributed by atoms with E-state index in [1.165, 1.54) is 32.2 Å². The maximum atomic E-state index is 5.46. The van der Waals surface area contributed by atoms with Crippen molar-refractivity contribution in [3.8, 4) is 0 Å². The molecule has 15 heavy (non-hydrogen) atoms. The van der Waals surface area contributed by atoms with E-state index < -0.39 is 0 Å². The third-order valence-electron chi connectivity index (χ3n) is 4.02. The molecular formula is C11H15N3O. The fourth-order valence-electron chi connectivity index (χ4n) is 2.97. The molecule has 3 saturated heterocycles. The second kappa shape index (κ2) is 2.61. The lowest BCUT2D eigenvalue weighted by molar-refractivity contribution is -0.00680. The standard InChI is InChI=1S/C11H15N3O/c1-4-11(6-14(5-1)7-11)10-12-9(13-15-10)8-2-3-8/h8H,1-7H2. The molecule has 1 aliphatic carbocycles. The van der Waals surface area contributed by atoms with Gasteiger partial charge in [0, 0.05) is 19.0 Å². The first-order valence-corrected chi connectivity index (χ1v) is 5.92. The van der Waals surface area contributed by atoms with Gasteiger partial charge in [0.15, 0.2) is 5.82 Å². The number of fused-ring (bicyclic) bond motifs is 2. The van der Waals surface area contributed by atoms with Crippen LogP contribution in [0.15, 0.2) is 4.52 Å². The van der Waals surface area contributed by atoms with Crippen molar-refractivity contribution < 1.29 is 4.52 Å². The largest absolute Gasteiger partial charge is 0.339 e. The minimum absolute atomic E-state index is 0.235. The molecule has 0 spiro atoms. The minimum Gasteiger partial charge on any atom is -0.339 e. The Morgan fingerprint density at radius 1 is 1.33 bits per heavy atom. The Bertz CT molecular complexity index is 385. The van der Waals surface area contributed by atoms with E-state index in [4.69, 9.17) is 4.52 Å². The predicted octanol–water partition coefficient (Wildman–Crippen LogP) is 1.29. The molecule has 3 aliphatic heterocycles. The number of hydrogen-bond acceptors (Lipinski definition) is 4. The highest BCUT2D eigenvalue weighted by Gasteiger charge is 2.51. The fraction of sp³-hybridized carbons (Fsp3) is 0.818. The predicted molar refractivity (Wildman–Crippen MR) is 53.6 cm³/mol. The van der Waals surface area contributed by atoms with Crippen molar-refractivity contribution in [2.24, 2.45) is 0 Å². The third-order valence-corrected chi connectivity index (χ3v) is 4.02. The first-order chi connectivity index (χ1) is 7.36. The van der Waals surface area contributed by atoms with E-state index >= 15 is 0 Å². The van der Waals surface area contributed by atoms with Gasteiger partial charge in [0.2, 0.25) is 5.89 Å². The molecule has 2 bridgehead atoms. The summed E-state index contributed by atoms with van der Waals surface area (Å²) >= 11 is 0. The van der Waals surface area contributed by atoms with Crippen molar-refractivity contribution in [2.45, 2.75) is 37.0 Å². The van der Waals surface area contributed by atoms with Gasteiger partial charge in [-0.1, -0.05) is 5.16 Å². The summed E-state index contributed by atoms with van der Waals surface area (Å²) in [6.07, 6.45) is 5.01. The van der Waals surface area contributed by atoms with Crippen LogP contribution in [0.5, 0.6) is 0 Å². The van der Waals surface area contributed by atoms with Gasteiger partial charge in [-0.25, -0.2) is 0 Å². The monoisotopic (exact) mass is 205 g/mol. The van der Waals surface area contributed by atoms with Gasteiger partial charge < -0.3 is 9.42 Å². The van der Waals surface area contributed by atoms with Crippen LogP contribution in [0.2, 0.25) is 0 Å². The first kappa shape index (κ1) is 8.28. The van der Waals surface area contributed by atoms with E-state index in [-0.39, 0.29) is 5.41 Å². The topological polar surface area (TPSA) is 42.2 Å². The molecule has 80 valence electrons. The zero-order chi connectivity index (χ0) is 9.88. The molecule has 0 radical (unpaired) electrons. The summed E-state index contributed by atoms with van der Waals surface area (Å²) in [5.74, 6) is 2.49. The average molecular weight is 205 g/mol. The molecule has 1 aromatic rings. The van der Waals surface area contributed by atoms with Crippen molar-refractivity contribution in [2.75, 3.05) is 19.6 Å². The van der Waals surface area contributed by atoms with Gasteiger partial charge in [-0.2, -0.15) is 4.98 Å². The molecule has 0 N–H and O–H groups in total. The third kappa shape index (κ3) is 1.11. The zero-order valence-electron chi connectivity index (χ0n) is 8.78. The molecule has 4 heterocycles. The highest BCUT2D eigenvalue weighted by Crippen LogP contribution is 2.44. The molecule has 5 rings (SSSR count). The Balaban J connectivity index is 1.64. The summed E-state index contributed by atoms with van der Waals surface area (Å²) in [5, 5.41) is 4.12. The van der Waals surface area contributed by atoms with Crippen LogP contribution in [0, 0.1) is 0 Å². The van der Waals surface area contributed by atoms with Crippen LogP contribution in [0.3, 0.4) is 0 Å². The molecular weight excluding hydrogens is 190 g/mol. The molecule has 0 aromatic carbocycles. The molecule has 0 amide bonds. The molecule has 4 nitrogen and oxygen atoms in total. The van der Waals surface area contributed by atoms with E-state index in [2.05, 4.69) is 15.0 Å². The van der Waals surface area contributed by atoms with Gasteiger partial charge in [-0.05, 0) is 32.2 Å². The molecule has 4 heteroatoms. The van der Waals surface area contributed by atoms with Gasteiger partial charge in [0.25, 0.3) is 0 Å². The van der Waals surface area contributed by atoms with Crippen LogP contribution in [-0.4, -0.2) is 34.7 Å². The van der Waals surface area contributed by atoms with E-state index in [1.54, 1.807) is 0 Å². The summed E-state index contributed by atoms with van der Waals surface area (Å²) in [5.41, 5.74) is 0.235. The van der Waals surface area contributed by atoms with Crippen LogP contribution in [0.4, 0.5) is 0 Å². The van der Waals surface area contributed by atoms with Gasteiger partial charge >= 0.3 is 0 Å². The smallest absolute Gasteiger partial charge is 0.235 e. The lowest BCUT2D eigenvalue weighted by Gasteiger charge is -2.52. The summed E-state index contributed by atoms with van der Waals surface area (Å²) in [7, 11) is 0. The second-order valence-electron chi connectivity index (χ2n) is 5.33. The number of hydrogen-bond donors (Lipinski definition) is 0. The highest BCUT2D eigenvalue weighted by atomic mass is 16.5. The molecule has 4 aliphatic rings. The molecule has 1 aromatic heterocycles. The fourth-order valence-corrected chi connectivity index (χ4v) is 2.97. The van der Waals surface area contributed by atoms with Gasteiger partial charge in [-0.3, -0.25) is 0 Å². The van der Waals surface area contributed by atoms with Crippen molar-refractivity contribution >= 4 is 0 Å². The number of aromatic nitrogens is 2. The Kier molecular flexibility index (Phi) is 1.44. The molecule has 4 fully saturated rings. The summed E-state index contributed by atoms with van der Waals surface area (Å²) < 4.78 is 5.46. The zero-order valence-corrected chi connectivity index (χ0v) is 8.78. The Morgan fingerprint density at radius 2 is 2.20 bits per heavy atom. The van der Waals surface area contributed by atoms with Crippen molar-refractivity contribution in [1.29, 1.82) is 0 Å². The van der Waals surface area contributed by atoms with Crippen LogP contribution < -0.4 is 0 Å². The maximum Gasteiger partial charge on any atom is 0.235 e. The normalized spacial score (nSPS) is 38.8. The Hall–Kier alpha value is -0.900. The quantitative estimate of drug-likeness (QED) is 0.729. The summed E-state index contributed by atoms with van der Waals surface area (Å²) in [4.78, 5) is 7.08. The average Bonchev–Trinajstić information content (AvgIpc) is 2.96. The van der Waals surface area contributed by atoms with Crippen molar-refractivity contribution in [3.63, 3.8) is 0 Å². The van der Waals surface area contributed by atoms with Crippen LogP contribution in [0.25, 0.3) is 0 Å². The summed E-state index contributed by atoms with van der Waals surface area (Å²) in [6, 6.07) is 0. The van der Waals surface area contributed by atoms with E-state index in [1.807, 2.05) is 0 Å². The van der Waals surface area contributed by atoms with E-state index in [9.17, 15) is 0 Å². The number of piperidine rings is 2. The Labute approximate surface area is 88.6 Å². The lowest BCUT2D eigenvalue weighted by atomic mass is 9.72.